The molecule has 7 nitrogen and oxygen atoms in total. The van der Waals surface area contributed by atoms with Crippen molar-refractivity contribution in [3.63, 3.8) is 0 Å². The number of nitrogens with one attached hydrogen (secondary N) is 1. The molecule has 1 aliphatic carbocycles. The fourth-order valence-corrected chi connectivity index (χ4v) is 2.34. The van der Waals surface area contributed by atoms with Crippen molar-refractivity contribution in [3.05, 3.63) is 21.6 Å². The van der Waals surface area contributed by atoms with Crippen LogP contribution in [0.4, 0.5) is 5.69 Å². The number of hydrogen-bond acceptors (Lipinski definition) is 6. The third-order valence-electron chi connectivity index (χ3n) is 3.95. The lowest BCUT2D eigenvalue weighted by Crippen LogP contribution is -2.50. The number of halogens is 1. The van der Waals surface area contributed by atoms with Gasteiger partial charge in [0.15, 0.2) is 0 Å². The van der Waals surface area contributed by atoms with Gasteiger partial charge in [0.05, 0.1) is 31.0 Å². The van der Waals surface area contributed by atoms with Crippen LogP contribution in [0.25, 0.3) is 0 Å². The molecule has 0 unspecified atom stereocenters. The van der Waals surface area contributed by atoms with Crippen LogP contribution in [0.2, 0.25) is 5.02 Å². The number of nitrogens with zero attached hydrogens (tertiary/aromatic N) is 2. The molecule has 1 saturated carbocycles. The van der Waals surface area contributed by atoms with Gasteiger partial charge < -0.3 is 20.6 Å². The molecule has 0 saturated heterocycles. The molecule has 2 rings (SSSR count). The number of aliphatic hydroxyl groups excluding tert-OH is 3. The SMILES string of the molecule is O=c1c(NC(CO)(CO)CO)c(Cl)cnn1CC1CCC1. The molecule has 0 aromatic carbocycles. The van der Waals surface area contributed by atoms with Crippen LogP contribution in [-0.4, -0.2) is 50.5 Å². The highest BCUT2D eigenvalue weighted by Gasteiger charge is 2.30. The summed E-state index contributed by atoms with van der Waals surface area (Å²) in [6.45, 7) is -1.10. The van der Waals surface area contributed by atoms with Crippen molar-refractivity contribution in [2.45, 2.75) is 31.3 Å². The Bertz CT molecular complexity index is 532. The summed E-state index contributed by atoms with van der Waals surface area (Å²) in [5.74, 6) is 0.447. The van der Waals surface area contributed by atoms with E-state index in [-0.39, 0.29) is 10.7 Å². The first-order chi connectivity index (χ1) is 10.0. The molecule has 0 radical (unpaired) electrons. The van der Waals surface area contributed by atoms with E-state index in [0.717, 1.165) is 12.8 Å². The largest absolute Gasteiger partial charge is 0.394 e. The molecule has 0 bridgehead atoms. The van der Waals surface area contributed by atoms with Gasteiger partial charge in [-0.25, -0.2) is 4.68 Å². The van der Waals surface area contributed by atoms with Gasteiger partial charge in [0.25, 0.3) is 5.56 Å². The number of anilines is 1. The van der Waals surface area contributed by atoms with Gasteiger partial charge in [-0.15, -0.1) is 0 Å². The van der Waals surface area contributed by atoms with Crippen LogP contribution in [0, 0.1) is 5.92 Å². The number of rotatable bonds is 7. The second-order valence-corrected chi connectivity index (χ2v) is 5.94. The highest BCUT2D eigenvalue weighted by molar-refractivity contribution is 6.33. The summed E-state index contributed by atoms with van der Waals surface area (Å²) in [4.78, 5) is 12.4. The molecule has 4 N–H and O–H groups in total. The van der Waals surface area contributed by atoms with Crippen LogP contribution < -0.4 is 10.9 Å². The first kappa shape index (κ1) is 16.2. The van der Waals surface area contributed by atoms with Gasteiger partial charge in [0.2, 0.25) is 0 Å². The number of hydrogen-bond donors (Lipinski definition) is 4. The standard InChI is InChI=1S/C13H20ClN3O4/c14-10-4-15-17(5-9-2-1-3-9)12(21)11(10)16-13(6-18,7-19)8-20/h4,9,16,18-20H,1-3,5-8H2. The predicted octanol–water partition coefficient (Wildman–Crippen LogP) is -0.176. The summed E-state index contributed by atoms with van der Waals surface area (Å²) >= 11 is 5.98. The van der Waals surface area contributed by atoms with Crippen LogP contribution in [0.3, 0.4) is 0 Å². The summed E-state index contributed by atoms with van der Waals surface area (Å²) in [6.07, 6.45) is 4.67. The Morgan fingerprint density at radius 3 is 2.43 bits per heavy atom. The highest BCUT2D eigenvalue weighted by atomic mass is 35.5. The summed E-state index contributed by atoms with van der Waals surface area (Å²) in [5.41, 5.74) is -1.80. The molecular weight excluding hydrogens is 298 g/mol. The fourth-order valence-electron chi connectivity index (χ4n) is 2.17. The molecule has 1 heterocycles. The van der Waals surface area contributed by atoms with Gasteiger partial charge >= 0.3 is 0 Å². The molecule has 21 heavy (non-hydrogen) atoms. The monoisotopic (exact) mass is 317 g/mol. The predicted molar refractivity (Wildman–Crippen MR) is 78.5 cm³/mol. The first-order valence-corrected chi connectivity index (χ1v) is 7.29. The summed E-state index contributed by atoms with van der Waals surface area (Å²) in [5, 5.41) is 34.8. The molecule has 0 aliphatic heterocycles. The Labute approximate surface area is 127 Å². The van der Waals surface area contributed by atoms with E-state index in [1.165, 1.54) is 17.3 Å². The van der Waals surface area contributed by atoms with E-state index in [1.54, 1.807) is 0 Å². The van der Waals surface area contributed by atoms with Crippen molar-refractivity contribution in [2.24, 2.45) is 5.92 Å². The lowest BCUT2D eigenvalue weighted by molar-refractivity contribution is 0.0832. The average Bonchev–Trinajstić information content (AvgIpc) is 2.46. The van der Waals surface area contributed by atoms with Crippen LogP contribution in [0.1, 0.15) is 19.3 Å². The van der Waals surface area contributed by atoms with Gasteiger partial charge in [-0.1, -0.05) is 18.0 Å². The van der Waals surface area contributed by atoms with Crippen LogP contribution >= 0.6 is 11.6 Å². The Hall–Kier alpha value is -1.15. The normalized spacial score (nSPS) is 15.8. The van der Waals surface area contributed by atoms with E-state index in [4.69, 9.17) is 11.6 Å². The van der Waals surface area contributed by atoms with Crippen LogP contribution in [-0.2, 0) is 6.54 Å². The Kier molecular flexibility index (Phi) is 5.21. The van der Waals surface area contributed by atoms with Crippen molar-refractivity contribution in [2.75, 3.05) is 25.1 Å². The van der Waals surface area contributed by atoms with Crippen molar-refractivity contribution in [1.82, 2.24) is 9.78 Å². The topological polar surface area (TPSA) is 108 Å². The molecule has 1 aliphatic rings. The van der Waals surface area contributed by atoms with Gasteiger partial charge in [0.1, 0.15) is 11.2 Å². The quantitative estimate of drug-likeness (QED) is 0.556. The molecule has 8 heteroatoms. The van der Waals surface area contributed by atoms with Crippen molar-refractivity contribution in [1.29, 1.82) is 0 Å². The molecule has 1 fully saturated rings. The number of aliphatic hydroxyl groups is 3. The Balaban J connectivity index is 2.29. The third kappa shape index (κ3) is 3.37. The van der Waals surface area contributed by atoms with Crippen molar-refractivity contribution >= 4 is 17.3 Å². The van der Waals surface area contributed by atoms with E-state index in [1.807, 2.05) is 0 Å². The van der Waals surface area contributed by atoms with Crippen molar-refractivity contribution < 1.29 is 15.3 Å². The molecular formula is C13H20ClN3O4. The van der Waals surface area contributed by atoms with E-state index in [9.17, 15) is 20.1 Å². The minimum atomic E-state index is -1.40. The fraction of sp³-hybridized carbons (Fsp3) is 0.692. The summed E-state index contributed by atoms with van der Waals surface area (Å²) < 4.78 is 1.33. The van der Waals surface area contributed by atoms with Crippen molar-refractivity contribution in [3.8, 4) is 0 Å². The third-order valence-corrected chi connectivity index (χ3v) is 4.24. The Morgan fingerprint density at radius 1 is 1.33 bits per heavy atom. The number of aromatic nitrogens is 2. The molecule has 0 atom stereocenters. The lowest BCUT2D eigenvalue weighted by Gasteiger charge is -2.30. The second-order valence-electron chi connectivity index (χ2n) is 5.53. The van der Waals surface area contributed by atoms with Gasteiger partial charge in [-0.3, -0.25) is 4.79 Å². The zero-order chi connectivity index (χ0) is 15.5. The maximum Gasteiger partial charge on any atom is 0.291 e. The van der Waals surface area contributed by atoms with Crippen LogP contribution in [0.5, 0.6) is 0 Å². The minimum Gasteiger partial charge on any atom is -0.394 e. The van der Waals surface area contributed by atoms with E-state index in [0.29, 0.717) is 12.5 Å². The average molecular weight is 318 g/mol. The maximum atomic E-state index is 12.4. The summed E-state index contributed by atoms with van der Waals surface area (Å²) in [7, 11) is 0. The lowest BCUT2D eigenvalue weighted by atomic mass is 9.85. The molecule has 1 aromatic rings. The molecule has 1 aromatic heterocycles. The first-order valence-electron chi connectivity index (χ1n) is 6.91. The molecule has 118 valence electrons. The van der Waals surface area contributed by atoms with E-state index in [2.05, 4.69) is 10.4 Å². The zero-order valence-corrected chi connectivity index (χ0v) is 12.4. The van der Waals surface area contributed by atoms with E-state index >= 15 is 0 Å². The van der Waals surface area contributed by atoms with Gasteiger partial charge in [-0.05, 0) is 18.8 Å². The Morgan fingerprint density at radius 2 is 1.95 bits per heavy atom. The van der Waals surface area contributed by atoms with E-state index < -0.39 is 30.9 Å². The van der Waals surface area contributed by atoms with Crippen LogP contribution in [0.15, 0.2) is 11.0 Å². The molecule has 0 spiro atoms. The van der Waals surface area contributed by atoms with Gasteiger partial charge in [0, 0.05) is 6.54 Å². The zero-order valence-electron chi connectivity index (χ0n) is 11.6. The maximum absolute atomic E-state index is 12.4. The summed E-state index contributed by atoms with van der Waals surface area (Å²) in [6, 6.07) is 0. The highest BCUT2D eigenvalue weighted by Crippen LogP contribution is 2.27. The molecule has 0 amide bonds. The second kappa shape index (κ2) is 6.74. The van der Waals surface area contributed by atoms with Gasteiger partial charge in [-0.2, -0.15) is 5.10 Å². The smallest absolute Gasteiger partial charge is 0.291 e. The minimum absolute atomic E-state index is 0.0307.